The summed E-state index contributed by atoms with van der Waals surface area (Å²) in [5, 5.41) is 24.0. The standard InChI is InChI=1S/C9H13NO4S2/c10-16(13,14)7-3-1-2-6(4-7)9(12)8(11)5-15/h1-4,8-9,11-12,15H,5H2,(H2,10,13,14). The number of primary sulfonamides is 1. The zero-order valence-corrected chi connectivity index (χ0v) is 10.0. The van der Waals surface area contributed by atoms with Gasteiger partial charge in [0.1, 0.15) is 6.10 Å². The Kier molecular flexibility index (Phi) is 4.34. The molecule has 0 aromatic heterocycles. The fraction of sp³-hybridized carbons (Fsp3) is 0.333. The second-order valence-corrected chi connectivity index (χ2v) is 5.24. The summed E-state index contributed by atoms with van der Waals surface area (Å²) in [5.74, 6) is 0.0702. The normalized spacial score (nSPS) is 15.8. The summed E-state index contributed by atoms with van der Waals surface area (Å²) in [6.45, 7) is 0. The number of nitrogens with two attached hydrogens (primary N) is 1. The van der Waals surface area contributed by atoms with Gasteiger partial charge >= 0.3 is 0 Å². The zero-order valence-electron chi connectivity index (χ0n) is 8.31. The molecule has 7 heteroatoms. The molecule has 2 unspecified atom stereocenters. The molecular weight excluding hydrogens is 250 g/mol. The fourth-order valence-electron chi connectivity index (χ4n) is 1.20. The molecular formula is C9H13NO4S2. The molecule has 0 aliphatic rings. The number of hydrogen-bond donors (Lipinski definition) is 4. The highest BCUT2D eigenvalue weighted by atomic mass is 32.2. The summed E-state index contributed by atoms with van der Waals surface area (Å²) in [6, 6.07) is 5.50. The van der Waals surface area contributed by atoms with Crippen LogP contribution < -0.4 is 5.14 Å². The highest BCUT2D eigenvalue weighted by molar-refractivity contribution is 7.89. The minimum Gasteiger partial charge on any atom is -0.389 e. The number of thiol groups is 1. The van der Waals surface area contributed by atoms with E-state index in [1.165, 1.54) is 24.3 Å². The Bertz CT molecular complexity index is 460. The van der Waals surface area contributed by atoms with Crippen molar-refractivity contribution in [3.05, 3.63) is 29.8 Å². The number of hydrogen-bond acceptors (Lipinski definition) is 5. The molecule has 2 atom stereocenters. The lowest BCUT2D eigenvalue weighted by Gasteiger charge is -2.16. The van der Waals surface area contributed by atoms with Crippen LogP contribution in [-0.2, 0) is 10.0 Å². The third kappa shape index (κ3) is 3.19. The van der Waals surface area contributed by atoms with Crippen molar-refractivity contribution in [1.82, 2.24) is 0 Å². The average Bonchev–Trinajstić information content (AvgIpc) is 2.26. The van der Waals surface area contributed by atoms with E-state index < -0.39 is 22.2 Å². The molecule has 0 radical (unpaired) electrons. The molecule has 0 fully saturated rings. The van der Waals surface area contributed by atoms with Gasteiger partial charge in [-0.1, -0.05) is 12.1 Å². The van der Waals surface area contributed by atoms with E-state index >= 15 is 0 Å². The first-order chi connectivity index (χ1) is 7.36. The summed E-state index contributed by atoms with van der Waals surface area (Å²) < 4.78 is 22.1. The molecule has 0 aliphatic heterocycles. The van der Waals surface area contributed by atoms with Crippen LogP contribution in [0.1, 0.15) is 11.7 Å². The van der Waals surface area contributed by atoms with Gasteiger partial charge in [-0.3, -0.25) is 0 Å². The van der Waals surface area contributed by atoms with Crippen molar-refractivity contribution >= 4 is 22.7 Å². The van der Waals surface area contributed by atoms with Gasteiger partial charge in [-0.15, -0.1) is 0 Å². The maximum atomic E-state index is 11.1. The molecule has 5 nitrogen and oxygen atoms in total. The molecule has 0 aliphatic carbocycles. The lowest BCUT2D eigenvalue weighted by atomic mass is 10.1. The van der Waals surface area contributed by atoms with E-state index in [4.69, 9.17) is 5.14 Å². The van der Waals surface area contributed by atoms with Gasteiger partial charge in [0.05, 0.1) is 11.0 Å². The molecule has 1 aromatic rings. The molecule has 16 heavy (non-hydrogen) atoms. The van der Waals surface area contributed by atoms with E-state index in [1.807, 2.05) is 0 Å². The van der Waals surface area contributed by atoms with Crippen molar-refractivity contribution in [3.8, 4) is 0 Å². The van der Waals surface area contributed by atoms with Crippen molar-refractivity contribution < 1.29 is 18.6 Å². The van der Waals surface area contributed by atoms with Crippen molar-refractivity contribution in [1.29, 1.82) is 0 Å². The monoisotopic (exact) mass is 263 g/mol. The van der Waals surface area contributed by atoms with Crippen LogP contribution in [0.2, 0.25) is 0 Å². The van der Waals surface area contributed by atoms with E-state index in [1.54, 1.807) is 0 Å². The van der Waals surface area contributed by atoms with E-state index in [0.29, 0.717) is 0 Å². The average molecular weight is 263 g/mol. The Morgan fingerprint density at radius 3 is 2.50 bits per heavy atom. The van der Waals surface area contributed by atoms with Gasteiger partial charge in [0, 0.05) is 5.75 Å². The lowest BCUT2D eigenvalue weighted by molar-refractivity contribution is 0.0336. The molecule has 0 spiro atoms. The SMILES string of the molecule is NS(=O)(=O)c1cccc(C(O)C(O)CS)c1. The quantitative estimate of drug-likeness (QED) is 0.558. The minimum atomic E-state index is -3.80. The molecule has 1 aromatic carbocycles. The molecule has 0 amide bonds. The third-order valence-electron chi connectivity index (χ3n) is 2.08. The summed E-state index contributed by atoms with van der Waals surface area (Å²) in [6.07, 6.45) is -2.24. The Balaban J connectivity index is 3.08. The molecule has 0 saturated carbocycles. The van der Waals surface area contributed by atoms with Gasteiger partial charge in [-0.25, -0.2) is 13.6 Å². The van der Waals surface area contributed by atoms with Crippen LogP contribution in [0.3, 0.4) is 0 Å². The predicted octanol–water partition coefficient (Wildman–Crippen LogP) is -0.342. The van der Waals surface area contributed by atoms with Crippen LogP contribution in [0.15, 0.2) is 29.2 Å². The first-order valence-electron chi connectivity index (χ1n) is 4.46. The molecule has 0 saturated heterocycles. The van der Waals surface area contributed by atoms with Crippen molar-refractivity contribution in [2.45, 2.75) is 17.1 Å². The summed E-state index contributed by atoms with van der Waals surface area (Å²) in [5.41, 5.74) is 0.285. The van der Waals surface area contributed by atoms with Crippen LogP contribution >= 0.6 is 12.6 Å². The molecule has 0 bridgehead atoms. The van der Waals surface area contributed by atoms with E-state index in [2.05, 4.69) is 12.6 Å². The van der Waals surface area contributed by atoms with Crippen LogP contribution in [0.5, 0.6) is 0 Å². The van der Waals surface area contributed by atoms with E-state index in [9.17, 15) is 18.6 Å². The van der Waals surface area contributed by atoms with Crippen LogP contribution in [0.4, 0.5) is 0 Å². The van der Waals surface area contributed by atoms with E-state index in [-0.39, 0.29) is 16.2 Å². The molecule has 0 heterocycles. The van der Waals surface area contributed by atoms with Crippen molar-refractivity contribution in [2.24, 2.45) is 5.14 Å². The number of sulfonamides is 1. The highest BCUT2D eigenvalue weighted by Gasteiger charge is 2.18. The number of rotatable bonds is 4. The second-order valence-electron chi connectivity index (χ2n) is 3.31. The minimum absolute atomic E-state index is 0.0702. The van der Waals surface area contributed by atoms with Gasteiger partial charge in [0.25, 0.3) is 0 Å². The first-order valence-corrected chi connectivity index (χ1v) is 6.64. The van der Waals surface area contributed by atoms with Gasteiger partial charge < -0.3 is 10.2 Å². The summed E-state index contributed by atoms with van der Waals surface area (Å²) in [4.78, 5) is -0.101. The van der Waals surface area contributed by atoms with Crippen molar-refractivity contribution in [3.63, 3.8) is 0 Å². The maximum absolute atomic E-state index is 11.1. The Hall–Kier alpha value is -0.600. The van der Waals surface area contributed by atoms with E-state index in [0.717, 1.165) is 0 Å². The van der Waals surface area contributed by atoms with Crippen LogP contribution in [0, 0.1) is 0 Å². The van der Waals surface area contributed by atoms with Crippen molar-refractivity contribution in [2.75, 3.05) is 5.75 Å². The third-order valence-corrected chi connectivity index (χ3v) is 3.36. The Morgan fingerprint density at radius 2 is 2.00 bits per heavy atom. The highest BCUT2D eigenvalue weighted by Crippen LogP contribution is 2.20. The van der Waals surface area contributed by atoms with Gasteiger partial charge in [0.15, 0.2) is 0 Å². The fourth-order valence-corrected chi connectivity index (χ4v) is 1.97. The predicted molar refractivity (Wildman–Crippen MR) is 62.6 cm³/mol. The summed E-state index contributed by atoms with van der Waals surface area (Å²) >= 11 is 3.84. The lowest BCUT2D eigenvalue weighted by Crippen LogP contribution is -2.20. The number of benzene rings is 1. The smallest absolute Gasteiger partial charge is 0.238 e. The van der Waals surface area contributed by atoms with Crippen LogP contribution in [0.25, 0.3) is 0 Å². The molecule has 4 N–H and O–H groups in total. The summed E-state index contributed by atoms with van der Waals surface area (Å²) in [7, 11) is -3.80. The van der Waals surface area contributed by atoms with Gasteiger partial charge in [0.2, 0.25) is 10.0 Å². The molecule has 1 rings (SSSR count). The molecule has 90 valence electrons. The second kappa shape index (κ2) is 5.15. The van der Waals surface area contributed by atoms with Gasteiger partial charge in [-0.2, -0.15) is 12.6 Å². The maximum Gasteiger partial charge on any atom is 0.238 e. The number of aliphatic hydroxyl groups is 2. The Morgan fingerprint density at radius 1 is 1.38 bits per heavy atom. The topological polar surface area (TPSA) is 101 Å². The van der Waals surface area contributed by atoms with Crippen LogP contribution in [-0.4, -0.2) is 30.5 Å². The first kappa shape index (κ1) is 13.5. The zero-order chi connectivity index (χ0) is 12.3. The number of aliphatic hydroxyl groups excluding tert-OH is 2. The largest absolute Gasteiger partial charge is 0.389 e. The van der Waals surface area contributed by atoms with Gasteiger partial charge in [-0.05, 0) is 17.7 Å². The Labute approximate surface area is 99.4 Å².